The zero-order chi connectivity index (χ0) is 13.4. The third kappa shape index (κ3) is 2.40. The first-order chi connectivity index (χ1) is 9.15. The number of nitrogens with zero attached hydrogens (tertiary/aromatic N) is 1. The lowest BCUT2D eigenvalue weighted by Crippen LogP contribution is -2.12. The van der Waals surface area contributed by atoms with Gasteiger partial charge in [0, 0.05) is 10.4 Å². The van der Waals surface area contributed by atoms with E-state index in [2.05, 4.69) is 10.3 Å². The smallest absolute Gasteiger partial charge is 0.132 e. The van der Waals surface area contributed by atoms with Gasteiger partial charge >= 0.3 is 0 Å². The second-order valence-electron chi connectivity index (χ2n) is 4.73. The summed E-state index contributed by atoms with van der Waals surface area (Å²) in [4.78, 5) is 5.44. The van der Waals surface area contributed by atoms with Crippen molar-refractivity contribution < 1.29 is 8.78 Å². The summed E-state index contributed by atoms with van der Waals surface area (Å²) in [7, 11) is 0. The molecule has 1 aromatic heterocycles. The van der Waals surface area contributed by atoms with E-state index in [1.54, 1.807) is 11.3 Å². The fourth-order valence-corrected chi connectivity index (χ4v) is 3.44. The predicted molar refractivity (Wildman–Crippen MR) is 72.2 cm³/mol. The molecule has 0 spiro atoms. The van der Waals surface area contributed by atoms with E-state index in [1.165, 1.54) is 6.07 Å². The summed E-state index contributed by atoms with van der Waals surface area (Å²) in [5.74, 6) is -0.870. The van der Waals surface area contributed by atoms with E-state index in [9.17, 15) is 8.78 Å². The topological polar surface area (TPSA) is 24.9 Å². The highest BCUT2D eigenvalue weighted by Gasteiger charge is 2.22. The van der Waals surface area contributed by atoms with Crippen LogP contribution in [0.3, 0.4) is 0 Å². The zero-order valence-electron chi connectivity index (χ0n) is 10.5. The van der Waals surface area contributed by atoms with Crippen LogP contribution < -0.4 is 5.32 Å². The normalized spacial score (nSPS) is 19.0. The molecule has 1 fully saturated rings. The van der Waals surface area contributed by atoms with Crippen molar-refractivity contribution >= 4 is 11.3 Å². The summed E-state index contributed by atoms with van der Waals surface area (Å²) in [5, 5.41) is 4.34. The Morgan fingerprint density at radius 2 is 2.21 bits per heavy atom. The molecule has 19 heavy (non-hydrogen) atoms. The van der Waals surface area contributed by atoms with Gasteiger partial charge < -0.3 is 5.32 Å². The van der Waals surface area contributed by atoms with Crippen molar-refractivity contribution in [2.24, 2.45) is 0 Å². The first-order valence-electron chi connectivity index (χ1n) is 6.31. The second-order valence-corrected chi connectivity index (χ2v) is 5.96. The molecule has 1 atom stereocenters. The van der Waals surface area contributed by atoms with Crippen molar-refractivity contribution in [1.82, 2.24) is 10.3 Å². The molecule has 2 heterocycles. The lowest BCUT2D eigenvalue weighted by atomic mass is 10.1. The van der Waals surface area contributed by atoms with Crippen LogP contribution in [0.1, 0.15) is 28.8 Å². The van der Waals surface area contributed by atoms with Crippen LogP contribution in [0.5, 0.6) is 0 Å². The van der Waals surface area contributed by atoms with Crippen LogP contribution in [-0.4, -0.2) is 11.5 Å². The van der Waals surface area contributed by atoms with Crippen LogP contribution in [0.15, 0.2) is 18.2 Å². The van der Waals surface area contributed by atoms with Crippen LogP contribution >= 0.6 is 11.3 Å². The Bertz CT molecular complexity index is 603. The maximum atomic E-state index is 13.8. The van der Waals surface area contributed by atoms with Crippen LogP contribution in [0.2, 0.25) is 0 Å². The average molecular weight is 280 g/mol. The highest BCUT2D eigenvalue weighted by atomic mass is 32.1. The Morgan fingerprint density at radius 3 is 2.95 bits per heavy atom. The van der Waals surface area contributed by atoms with Gasteiger partial charge in [0.1, 0.15) is 16.6 Å². The van der Waals surface area contributed by atoms with Crippen LogP contribution in [0.4, 0.5) is 8.78 Å². The fourth-order valence-electron chi connectivity index (χ4n) is 2.39. The third-order valence-corrected chi connectivity index (χ3v) is 4.44. The lowest BCUT2D eigenvalue weighted by Gasteiger charge is -2.04. The molecule has 2 aromatic rings. The number of nitrogens with one attached hydrogen (secondary N) is 1. The standard InChI is InChI=1S/C14H14F2N2S/c1-8-13(10-7-9(15)4-5-11(10)16)18-14(19-8)12-3-2-6-17-12/h4-5,7,12,17H,2-3,6H2,1H3/t12-/m1/s1. The van der Waals surface area contributed by atoms with Crippen LogP contribution in [0, 0.1) is 18.6 Å². The van der Waals surface area contributed by atoms with Gasteiger partial charge in [-0.05, 0) is 44.5 Å². The van der Waals surface area contributed by atoms with Gasteiger partial charge in [0.25, 0.3) is 0 Å². The van der Waals surface area contributed by atoms with Crippen molar-refractivity contribution in [2.75, 3.05) is 6.54 Å². The van der Waals surface area contributed by atoms with Crippen molar-refractivity contribution in [2.45, 2.75) is 25.8 Å². The molecule has 1 N–H and O–H groups in total. The number of hydrogen-bond donors (Lipinski definition) is 1. The second kappa shape index (κ2) is 4.98. The van der Waals surface area contributed by atoms with E-state index in [4.69, 9.17) is 0 Å². The molecule has 0 bridgehead atoms. The summed E-state index contributed by atoms with van der Waals surface area (Å²) >= 11 is 1.56. The van der Waals surface area contributed by atoms with E-state index in [0.717, 1.165) is 41.4 Å². The Morgan fingerprint density at radius 1 is 1.37 bits per heavy atom. The Balaban J connectivity index is 2.02. The highest BCUT2D eigenvalue weighted by Crippen LogP contribution is 2.34. The molecule has 1 saturated heterocycles. The van der Waals surface area contributed by atoms with Crippen molar-refractivity contribution in [3.63, 3.8) is 0 Å². The minimum absolute atomic E-state index is 0.248. The minimum Gasteiger partial charge on any atom is -0.308 e. The Labute approximate surface area is 114 Å². The minimum atomic E-state index is -0.440. The molecule has 0 amide bonds. The molecule has 0 unspecified atom stereocenters. The van der Waals surface area contributed by atoms with E-state index in [1.807, 2.05) is 6.92 Å². The monoisotopic (exact) mass is 280 g/mol. The van der Waals surface area contributed by atoms with Gasteiger partial charge in [0.2, 0.25) is 0 Å². The first-order valence-corrected chi connectivity index (χ1v) is 7.13. The number of hydrogen-bond acceptors (Lipinski definition) is 3. The molecule has 0 radical (unpaired) electrons. The first kappa shape index (κ1) is 12.7. The summed E-state index contributed by atoms with van der Waals surface area (Å²) in [5.41, 5.74) is 0.809. The molecule has 1 aliphatic rings. The number of thiazole rings is 1. The van der Waals surface area contributed by atoms with Gasteiger partial charge in [-0.1, -0.05) is 0 Å². The third-order valence-electron chi connectivity index (χ3n) is 3.36. The zero-order valence-corrected chi connectivity index (χ0v) is 11.4. The summed E-state index contributed by atoms with van der Waals surface area (Å²) in [6.07, 6.45) is 2.19. The molecule has 5 heteroatoms. The average Bonchev–Trinajstić information content (AvgIpc) is 3.01. The molecule has 1 aromatic carbocycles. The molecule has 2 nitrogen and oxygen atoms in total. The van der Waals surface area contributed by atoms with Crippen LogP contribution in [0.25, 0.3) is 11.3 Å². The van der Waals surface area contributed by atoms with Crippen molar-refractivity contribution in [1.29, 1.82) is 0 Å². The number of aryl methyl sites for hydroxylation is 1. The molecule has 1 aliphatic heterocycles. The number of halogens is 2. The lowest BCUT2D eigenvalue weighted by molar-refractivity contribution is 0.602. The molecule has 100 valence electrons. The number of aromatic nitrogens is 1. The largest absolute Gasteiger partial charge is 0.308 e. The molecular formula is C14H14F2N2S. The highest BCUT2D eigenvalue weighted by molar-refractivity contribution is 7.12. The molecule has 3 rings (SSSR count). The van der Waals surface area contributed by atoms with Gasteiger partial charge in [-0.3, -0.25) is 0 Å². The van der Waals surface area contributed by atoms with E-state index < -0.39 is 11.6 Å². The SMILES string of the molecule is Cc1sc([C@H]2CCCN2)nc1-c1cc(F)ccc1F. The summed E-state index contributed by atoms with van der Waals surface area (Å²) in [6.45, 7) is 2.89. The van der Waals surface area contributed by atoms with E-state index in [-0.39, 0.29) is 11.6 Å². The molecule has 0 saturated carbocycles. The number of benzene rings is 1. The maximum absolute atomic E-state index is 13.8. The van der Waals surface area contributed by atoms with Crippen LogP contribution in [-0.2, 0) is 0 Å². The Hall–Kier alpha value is -1.33. The molecule has 0 aliphatic carbocycles. The van der Waals surface area contributed by atoms with Crippen molar-refractivity contribution in [3.8, 4) is 11.3 Å². The quantitative estimate of drug-likeness (QED) is 0.904. The van der Waals surface area contributed by atoms with Gasteiger partial charge in [-0.15, -0.1) is 11.3 Å². The van der Waals surface area contributed by atoms with Gasteiger partial charge in [-0.2, -0.15) is 0 Å². The predicted octanol–water partition coefficient (Wildman–Crippen LogP) is 3.82. The summed E-state index contributed by atoms with van der Waals surface area (Å²) < 4.78 is 27.1. The summed E-state index contributed by atoms with van der Waals surface area (Å²) in [6, 6.07) is 3.74. The van der Waals surface area contributed by atoms with E-state index >= 15 is 0 Å². The van der Waals surface area contributed by atoms with Gasteiger partial charge in [0.15, 0.2) is 0 Å². The Kier molecular flexibility index (Phi) is 3.33. The van der Waals surface area contributed by atoms with Gasteiger partial charge in [-0.25, -0.2) is 13.8 Å². The van der Waals surface area contributed by atoms with Gasteiger partial charge in [0.05, 0.1) is 11.7 Å². The van der Waals surface area contributed by atoms with Crippen molar-refractivity contribution in [3.05, 3.63) is 39.7 Å². The molecular weight excluding hydrogens is 266 g/mol. The number of rotatable bonds is 2. The maximum Gasteiger partial charge on any atom is 0.132 e. The fraction of sp³-hybridized carbons (Fsp3) is 0.357. The van der Waals surface area contributed by atoms with E-state index in [0.29, 0.717) is 5.69 Å².